The second-order valence-electron chi connectivity index (χ2n) is 5.27. The fourth-order valence-electron chi connectivity index (χ4n) is 2.53. The summed E-state index contributed by atoms with van der Waals surface area (Å²) in [6.45, 7) is 5.63. The van der Waals surface area contributed by atoms with Gasteiger partial charge in [0, 0.05) is 25.2 Å². The molecule has 0 unspecified atom stereocenters. The third-order valence-corrected chi connectivity index (χ3v) is 3.96. The van der Waals surface area contributed by atoms with Crippen molar-refractivity contribution < 1.29 is 14.3 Å². The van der Waals surface area contributed by atoms with Crippen molar-refractivity contribution in [2.24, 2.45) is 11.3 Å². The molecule has 1 aliphatic carbocycles. The highest BCUT2D eigenvalue weighted by atomic mass is 16.5. The molecule has 0 spiro atoms. The molecule has 1 saturated heterocycles. The van der Waals surface area contributed by atoms with Crippen LogP contribution in [0.3, 0.4) is 0 Å². The molecular weight excluding hydrogens is 218 g/mol. The minimum atomic E-state index is 0.0687. The number of rotatable bonds is 6. The third kappa shape index (κ3) is 3.19. The second kappa shape index (κ2) is 5.83. The maximum absolute atomic E-state index is 11.9. The van der Waals surface area contributed by atoms with Crippen LogP contribution in [0.4, 0.5) is 0 Å². The van der Waals surface area contributed by atoms with E-state index < -0.39 is 0 Å². The summed E-state index contributed by atoms with van der Waals surface area (Å²) < 4.78 is 10.8. The molecule has 98 valence electrons. The van der Waals surface area contributed by atoms with Crippen LogP contribution in [0.15, 0.2) is 0 Å². The molecule has 0 aromatic carbocycles. The van der Waals surface area contributed by atoms with E-state index in [-0.39, 0.29) is 17.2 Å². The van der Waals surface area contributed by atoms with Gasteiger partial charge in [0.25, 0.3) is 0 Å². The van der Waals surface area contributed by atoms with E-state index >= 15 is 0 Å². The number of carbonyl (C=O) groups is 1. The molecule has 1 aliphatic heterocycles. The summed E-state index contributed by atoms with van der Waals surface area (Å²) in [5.74, 6) is 0.226. The van der Waals surface area contributed by atoms with E-state index in [1.54, 1.807) is 0 Å². The van der Waals surface area contributed by atoms with Gasteiger partial charge in [-0.3, -0.25) is 4.79 Å². The quantitative estimate of drug-likeness (QED) is 0.763. The van der Waals surface area contributed by atoms with E-state index in [0.29, 0.717) is 6.61 Å². The molecular formula is C13H23NO3. The molecule has 2 fully saturated rings. The first-order valence-corrected chi connectivity index (χ1v) is 6.69. The molecule has 1 amide bonds. The lowest BCUT2D eigenvalue weighted by molar-refractivity contribution is -0.126. The van der Waals surface area contributed by atoms with Crippen molar-refractivity contribution in [3.8, 4) is 0 Å². The van der Waals surface area contributed by atoms with Crippen molar-refractivity contribution in [1.29, 1.82) is 0 Å². The largest absolute Gasteiger partial charge is 0.381 e. The first kappa shape index (κ1) is 12.8. The second-order valence-corrected chi connectivity index (χ2v) is 5.27. The van der Waals surface area contributed by atoms with Crippen LogP contribution in [-0.4, -0.2) is 38.9 Å². The predicted molar refractivity (Wildman–Crippen MR) is 64.7 cm³/mol. The maximum Gasteiger partial charge on any atom is 0.225 e. The van der Waals surface area contributed by atoms with Gasteiger partial charge in [0.2, 0.25) is 5.91 Å². The number of amides is 1. The number of ether oxygens (including phenoxy) is 2. The average Bonchev–Trinajstić information content (AvgIpc) is 2.80. The molecule has 2 rings (SSSR count). The van der Waals surface area contributed by atoms with Gasteiger partial charge in [-0.15, -0.1) is 0 Å². The number of hydrogen-bond acceptors (Lipinski definition) is 3. The van der Waals surface area contributed by atoms with Crippen LogP contribution in [0.2, 0.25) is 0 Å². The lowest BCUT2D eigenvalue weighted by Gasteiger charge is -2.41. The summed E-state index contributed by atoms with van der Waals surface area (Å²) in [6, 6.07) is 0. The van der Waals surface area contributed by atoms with Crippen LogP contribution in [0.1, 0.15) is 32.6 Å². The predicted octanol–water partition coefficient (Wildman–Crippen LogP) is 1.35. The zero-order valence-corrected chi connectivity index (χ0v) is 10.7. The number of hydrogen-bond donors (Lipinski definition) is 1. The molecule has 0 aromatic heterocycles. The van der Waals surface area contributed by atoms with Crippen molar-refractivity contribution in [3.05, 3.63) is 0 Å². The summed E-state index contributed by atoms with van der Waals surface area (Å²) in [7, 11) is 0. The number of carbonyl (C=O) groups excluding carboxylic acids is 1. The summed E-state index contributed by atoms with van der Waals surface area (Å²) in [5, 5.41) is 3.08. The molecule has 0 aromatic rings. The number of nitrogens with one attached hydrogen (secondary N) is 1. The molecule has 4 nitrogen and oxygen atoms in total. The minimum absolute atomic E-state index is 0.0687. The van der Waals surface area contributed by atoms with Gasteiger partial charge in [-0.05, 0) is 26.2 Å². The molecule has 1 N–H and O–H groups in total. The van der Waals surface area contributed by atoms with Crippen LogP contribution < -0.4 is 5.32 Å². The first-order valence-electron chi connectivity index (χ1n) is 6.69. The van der Waals surface area contributed by atoms with E-state index in [2.05, 4.69) is 5.32 Å². The molecule has 1 heterocycles. The van der Waals surface area contributed by atoms with Gasteiger partial charge in [-0.2, -0.15) is 0 Å². The fourth-order valence-corrected chi connectivity index (χ4v) is 2.53. The Bertz CT molecular complexity index is 257. The summed E-state index contributed by atoms with van der Waals surface area (Å²) >= 11 is 0. The standard InChI is InChI=1S/C13H23NO3/c1-2-16-10-13(5-3-6-13)9-14-12(15)11-4-7-17-8-11/h11H,2-10H2,1H3,(H,14,15)/t11-/m1/s1. The van der Waals surface area contributed by atoms with E-state index in [9.17, 15) is 4.79 Å². The smallest absolute Gasteiger partial charge is 0.225 e. The van der Waals surface area contributed by atoms with Crippen molar-refractivity contribution in [2.75, 3.05) is 33.0 Å². The van der Waals surface area contributed by atoms with Gasteiger partial charge in [0.1, 0.15) is 0 Å². The van der Waals surface area contributed by atoms with Gasteiger partial charge in [0.05, 0.1) is 19.1 Å². The van der Waals surface area contributed by atoms with Gasteiger partial charge in [-0.1, -0.05) is 6.42 Å². The Kier molecular flexibility index (Phi) is 4.40. The Labute approximate surface area is 103 Å². The molecule has 17 heavy (non-hydrogen) atoms. The van der Waals surface area contributed by atoms with Crippen LogP contribution in [0, 0.1) is 11.3 Å². The summed E-state index contributed by atoms with van der Waals surface area (Å²) in [6.07, 6.45) is 4.47. The van der Waals surface area contributed by atoms with Crippen LogP contribution in [0.25, 0.3) is 0 Å². The normalized spacial score (nSPS) is 26.5. The van der Waals surface area contributed by atoms with Crippen molar-refractivity contribution in [1.82, 2.24) is 5.32 Å². The lowest BCUT2D eigenvalue weighted by Crippen LogP contribution is -2.46. The fraction of sp³-hybridized carbons (Fsp3) is 0.923. The van der Waals surface area contributed by atoms with Gasteiger partial charge >= 0.3 is 0 Å². The van der Waals surface area contributed by atoms with Crippen LogP contribution >= 0.6 is 0 Å². The van der Waals surface area contributed by atoms with E-state index in [4.69, 9.17) is 9.47 Å². The van der Waals surface area contributed by atoms with E-state index in [1.807, 2.05) is 6.92 Å². The van der Waals surface area contributed by atoms with Gasteiger partial charge in [0.15, 0.2) is 0 Å². The monoisotopic (exact) mass is 241 g/mol. The average molecular weight is 241 g/mol. The Morgan fingerprint density at radius 3 is 2.88 bits per heavy atom. The minimum Gasteiger partial charge on any atom is -0.381 e. The molecule has 2 aliphatic rings. The van der Waals surface area contributed by atoms with Crippen molar-refractivity contribution >= 4 is 5.91 Å². The SMILES string of the molecule is CCOCC1(CNC(=O)[C@@H]2CCOC2)CCC1. The van der Waals surface area contributed by atoms with Crippen LogP contribution in [0.5, 0.6) is 0 Å². The molecule has 1 atom stereocenters. The Balaban J connectivity index is 1.73. The lowest BCUT2D eigenvalue weighted by atomic mass is 9.69. The van der Waals surface area contributed by atoms with Crippen LogP contribution in [-0.2, 0) is 14.3 Å². The molecule has 0 bridgehead atoms. The first-order chi connectivity index (χ1) is 8.26. The zero-order chi connectivity index (χ0) is 12.1. The topological polar surface area (TPSA) is 47.6 Å². The highest BCUT2D eigenvalue weighted by Gasteiger charge is 2.38. The molecule has 4 heteroatoms. The van der Waals surface area contributed by atoms with E-state index in [0.717, 1.165) is 32.8 Å². The maximum atomic E-state index is 11.9. The Morgan fingerprint density at radius 1 is 1.53 bits per heavy atom. The Morgan fingerprint density at radius 2 is 2.35 bits per heavy atom. The molecule has 0 radical (unpaired) electrons. The summed E-state index contributed by atoms with van der Waals surface area (Å²) in [5.41, 5.74) is 0.213. The van der Waals surface area contributed by atoms with Crippen molar-refractivity contribution in [2.45, 2.75) is 32.6 Å². The van der Waals surface area contributed by atoms with Gasteiger partial charge < -0.3 is 14.8 Å². The van der Waals surface area contributed by atoms with Gasteiger partial charge in [-0.25, -0.2) is 0 Å². The van der Waals surface area contributed by atoms with E-state index in [1.165, 1.54) is 19.3 Å². The highest BCUT2D eigenvalue weighted by Crippen LogP contribution is 2.40. The Hall–Kier alpha value is -0.610. The molecule has 1 saturated carbocycles. The van der Waals surface area contributed by atoms with Crippen molar-refractivity contribution in [3.63, 3.8) is 0 Å². The third-order valence-electron chi connectivity index (χ3n) is 3.96. The highest BCUT2D eigenvalue weighted by molar-refractivity contribution is 5.79. The zero-order valence-electron chi connectivity index (χ0n) is 10.7. The summed E-state index contributed by atoms with van der Waals surface area (Å²) in [4.78, 5) is 11.9.